The Hall–Kier alpha value is -2.45. The number of β-lactam (4-membered cyclic amide) rings is 1. The summed E-state index contributed by atoms with van der Waals surface area (Å²) in [6.45, 7) is -1.29. The number of fused-ring (bicyclic) bond motifs is 1. The molecule has 0 aromatic carbocycles. The fourth-order valence-corrected chi connectivity index (χ4v) is 4.71. The number of carbonyl (C=O) groups is 3. The number of anilines is 1. The Kier molecular flexibility index (Phi) is 6.00. The quantitative estimate of drug-likeness (QED) is 0.220. The molecule has 3 heterocycles. The minimum atomic E-state index is -1.29. The molecule has 0 bridgehead atoms. The van der Waals surface area contributed by atoms with Gasteiger partial charge in [0.05, 0.1) is 0 Å². The van der Waals surface area contributed by atoms with E-state index in [1.165, 1.54) is 11.8 Å². The molecular formula is C13H12ClFN6O5S2. The van der Waals surface area contributed by atoms with Crippen molar-refractivity contribution in [1.29, 1.82) is 0 Å². The summed E-state index contributed by atoms with van der Waals surface area (Å²) < 4.78 is 16.1. The molecule has 1 aromatic rings. The Bertz CT molecular complexity index is 893. The number of amides is 2. The number of nitrogens with zero attached hydrogens (tertiary/aromatic N) is 4. The minimum absolute atomic E-state index is 0.0313. The van der Waals surface area contributed by atoms with E-state index in [1.54, 1.807) is 0 Å². The van der Waals surface area contributed by atoms with Crippen molar-refractivity contribution >= 4 is 63.5 Å². The van der Waals surface area contributed by atoms with Gasteiger partial charge in [0, 0.05) is 23.2 Å². The van der Waals surface area contributed by atoms with Crippen LogP contribution in [0.5, 0.6) is 0 Å². The van der Waals surface area contributed by atoms with Crippen LogP contribution in [0.1, 0.15) is 5.82 Å². The molecule has 0 aliphatic carbocycles. The lowest BCUT2D eigenvalue weighted by molar-refractivity contribution is -0.150. The van der Waals surface area contributed by atoms with Crippen LogP contribution in [0.3, 0.4) is 0 Å². The van der Waals surface area contributed by atoms with E-state index >= 15 is 0 Å². The van der Waals surface area contributed by atoms with Gasteiger partial charge in [0.1, 0.15) is 17.1 Å². The van der Waals surface area contributed by atoms with Crippen molar-refractivity contribution in [1.82, 2.24) is 19.6 Å². The van der Waals surface area contributed by atoms with Crippen LogP contribution in [0.4, 0.5) is 9.52 Å². The van der Waals surface area contributed by atoms with Crippen molar-refractivity contribution in [2.75, 3.05) is 24.2 Å². The molecule has 0 spiro atoms. The van der Waals surface area contributed by atoms with E-state index in [4.69, 9.17) is 17.3 Å². The third-order valence-corrected chi connectivity index (χ3v) is 5.98. The van der Waals surface area contributed by atoms with Crippen LogP contribution >= 0.6 is 34.9 Å². The number of carbonyl (C=O) groups excluding carboxylic acids is 2. The van der Waals surface area contributed by atoms with Gasteiger partial charge in [0.2, 0.25) is 11.5 Å². The van der Waals surface area contributed by atoms with Gasteiger partial charge in [0.15, 0.2) is 5.13 Å². The second-order valence-electron chi connectivity index (χ2n) is 5.39. The highest BCUT2D eigenvalue weighted by Gasteiger charge is 2.54. The third kappa shape index (κ3) is 3.62. The standard InChI is InChI=1S/C13H12ClFN6O5S2/c14-1-4-2-27-11-6(10(23)21(11)7(4)12(24)25)17-9(22)5(19-26-3-15)8-18-13(16)28-20-8/h6,11H,1-3H2,(H,17,22)(H,24,25)(H2,16,18,20)/t6-,11-/m1/s1. The number of carboxylic acid groups (broad SMARTS) is 1. The lowest BCUT2D eigenvalue weighted by atomic mass is 10.0. The average Bonchev–Trinajstić information content (AvgIpc) is 3.10. The Balaban J connectivity index is 1.79. The van der Waals surface area contributed by atoms with Gasteiger partial charge in [-0.2, -0.15) is 9.36 Å². The molecule has 15 heteroatoms. The van der Waals surface area contributed by atoms with E-state index in [9.17, 15) is 23.9 Å². The lowest BCUT2D eigenvalue weighted by Crippen LogP contribution is -2.71. The van der Waals surface area contributed by atoms with Gasteiger partial charge >= 0.3 is 5.97 Å². The maximum absolute atomic E-state index is 12.5. The first kappa shape index (κ1) is 20.3. The van der Waals surface area contributed by atoms with Crippen LogP contribution in [0.25, 0.3) is 0 Å². The maximum Gasteiger partial charge on any atom is 0.352 e. The second-order valence-corrected chi connectivity index (χ2v) is 7.54. The predicted molar refractivity (Wildman–Crippen MR) is 98.3 cm³/mol. The first-order valence-electron chi connectivity index (χ1n) is 7.51. The molecule has 0 radical (unpaired) electrons. The average molecular weight is 451 g/mol. The van der Waals surface area contributed by atoms with Gasteiger partial charge < -0.3 is 21.0 Å². The summed E-state index contributed by atoms with van der Waals surface area (Å²) in [5, 5.41) is 14.6. The summed E-state index contributed by atoms with van der Waals surface area (Å²) in [6.07, 6.45) is 0. The molecule has 150 valence electrons. The number of nitrogens with two attached hydrogens (primary N) is 1. The monoisotopic (exact) mass is 450 g/mol. The number of carboxylic acids is 1. The Morgan fingerprint density at radius 2 is 2.29 bits per heavy atom. The van der Waals surface area contributed by atoms with Crippen molar-refractivity contribution in [2.45, 2.75) is 11.4 Å². The van der Waals surface area contributed by atoms with Crippen LogP contribution in [-0.2, 0) is 19.2 Å². The largest absolute Gasteiger partial charge is 0.477 e. The van der Waals surface area contributed by atoms with Crippen molar-refractivity contribution in [2.24, 2.45) is 5.16 Å². The predicted octanol–water partition coefficient (Wildman–Crippen LogP) is -0.255. The number of hydrogen-bond donors (Lipinski definition) is 3. The number of rotatable bonds is 7. The first-order valence-corrected chi connectivity index (χ1v) is 9.87. The summed E-state index contributed by atoms with van der Waals surface area (Å²) in [7, 11) is 0. The highest BCUT2D eigenvalue weighted by Crippen LogP contribution is 2.40. The molecule has 1 saturated heterocycles. The summed E-state index contributed by atoms with van der Waals surface area (Å²) in [5.41, 5.74) is 5.23. The highest BCUT2D eigenvalue weighted by molar-refractivity contribution is 8.00. The fraction of sp³-hybridized carbons (Fsp3) is 0.385. The molecule has 1 fully saturated rings. The molecule has 2 aliphatic rings. The molecular weight excluding hydrogens is 439 g/mol. The molecule has 0 unspecified atom stereocenters. The van der Waals surface area contributed by atoms with E-state index in [0.29, 0.717) is 11.3 Å². The third-order valence-electron chi connectivity index (χ3n) is 3.77. The maximum atomic E-state index is 12.5. The number of hydrogen-bond acceptors (Lipinski definition) is 10. The van der Waals surface area contributed by atoms with Gasteiger partial charge in [0.25, 0.3) is 18.7 Å². The number of aliphatic carboxylic acids is 1. The second kappa shape index (κ2) is 8.28. The number of alkyl halides is 2. The van der Waals surface area contributed by atoms with Crippen LogP contribution in [-0.4, -0.2) is 72.8 Å². The number of nitrogens with one attached hydrogen (secondary N) is 1. The van der Waals surface area contributed by atoms with E-state index in [2.05, 4.69) is 24.7 Å². The molecule has 2 atom stereocenters. The molecule has 3 rings (SSSR count). The lowest BCUT2D eigenvalue weighted by Gasteiger charge is -2.49. The zero-order chi connectivity index (χ0) is 20.4. The van der Waals surface area contributed by atoms with E-state index in [0.717, 1.165) is 16.4 Å². The van der Waals surface area contributed by atoms with Gasteiger partial charge in [-0.1, -0.05) is 5.16 Å². The van der Waals surface area contributed by atoms with E-state index in [-0.39, 0.29) is 22.5 Å². The van der Waals surface area contributed by atoms with Crippen LogP contribution in [0.2, 0.25) is 0 Å². The van der Waals surface area contributed by atoms with Gasteiger partial charge in [-0.15, -0.1) is 23.4 Å². The number of nitrogen functional groups attached to an aromatic ring is 1. The van der Waals surface area contributed by atoms with E-state index < -0.39 is 41.8 Å². The topological polar surface area (TPSA) is 160 Å². The summed E-state index contributed by atoms with van der Waals surface area (Å²) in [4.78, 5) is 45.6. The molecule has 4 N–H and O–H groups in total. The highest BCUT2D eigenvalue weighted by atomic mass is 35.5. The normalized spacial score (nSPS) is 21.9. The summed E-state index contributed by atoms with van der Waals surface area (Å²) in [5.74, 6) is -2.72. The Morgan fingerprint density at radius 3 is 2.86 bits per heavy atom. The minimum Gasteiger partial charge on any atom is -0.477 e. The van der Waals surface area contributed by atoms with Crippen LogP contribution in [0.15, 0.2) is 16.4 Å². The van der Waals surface area contributed by atoms with Crippen molar-refractivity contribution in [3.8, 4) is 0 Å². The van der Waals surface area contributed by atoms with Gasteiger partial charge in [-0.3, -0.25) is 14.5 Å². The van der Waals surface area contributed by atoms with Crippen LogP contribution < -0.4 is 11.1 Å². The molecule has 1 aromatic heterocycles. The fourth-order valence-electron chi connectivity index (χ4n) is 2.60. The molecule has 28 heavy (non-hydrogen) atoms. The van der Waals surface area contributed by atoms with Gasteiger partial charge in [-0.05, 0) is 5.57 Å². The Morgan fingerprint density at radius 1 is 1.54 bits per heavy atom. The smallest absolute Gasteiger partial charge is 0.352 e. The first-order chi connectivity index (χ1) is 13.4. The van der Waals surface area contributed by atoms with Crippen LogP contribution in [0, 0.1) is 0 Å². The number of aromatic nitrogens is 2. The number of oxime groups is 1. The molecule has 11 nitrogen and oxygen atoms in total. The zero-order valence-corrected chi connectivity index (χ0v) is 16.2. The zero-order valence-electron chi connectivity index (χ0n) is 13.8. The Labute approximate surface area is 169 Å². The molecule has 0 saturated carbocycles. The SMILES string of the molecule is Nc1nc(C(=NOCF)C(=O)N[C@@H]2C(=O)N3C(C(=O)O)=C(CCl)CS[C@H]23)ns1. The summed E-state index contributed by atoms with van der Waals surface area (Å²) >= 11 is 7.80. The van der Waals surface area contributed by atoms with Crippen molar-refractivity contribution < 1.29 is 28.7 Å². The molecule has 2 amide bonds. The summed E-state index contributed by atoms with van der Waals surface area (Å²) in [6, 6.07) is -1.02. The number of thioether (sulfide) groups is 1. The van der Waals surface area contributed by atoms with Crippen molar-refractivity contribution in [3.05, 3.63) is 17.1 Å². The number of halogens is 2. The molecule has 2 aliphatic heterocycles. The van der Waals surface area contributed by atoms with Gasteiger partial charge in [-0.25, -0.2) is 9.18 Å². The van der Waals surface area contributed by atoms with E-state index in [1.807, 2.05) is 0 Å². The van der Waals surface area contributed by atoms with Crippen molar-refractivity contribution in [3.63, 3.8) is 0 Å².